The monoisotopic (exact) mass is 288 g/mol. The van der Waals surface area contributed by atoms with E-state index in [1.807, 2.05) is 24.3 Å². The first kappa shape index (κ1) is 14.4. The average Bonchev–Trinajstić information content (AvgIpc) is 2.53. The molecule has 1 aromatic rings. The number of ether oxygens (including phenoxy) is 1. The van der Waals surface area contributed by atoms with Crippen LogP contribution in [0.2, 0.25) is 0 Å². The van der Waals surface area contributed by atoms with E-state index in [1.165, 1.54) is 0 Å². The minimum Gasteiger partial charge on any atom is -0.493 e. The molecule has 21 heavy (non-hydrogen) atoms. The minimum absolute atomic E-state index is 0.0630. The van der Waals surface area contributed by atoms with Gasteiger partial charge in [0.2, 0.25) is 5.91 Å². The summed E-state index contributed by atoms with van der Waals surface area (Å²) in [6, 6.07) is 7.88. The lowest BCUT2D eigenvalue weighted by molar-refractivity contribution is -0.123. The molecule has 4 heteroatoms. The topological polar surface area (TPSA) is 50.4 Å². The molecular formula is C17H24N2O2. The van der Waals surface area contributed by atoms with Gasteiger partial charge >= 0.3 is 0 Å². The Balaban J connectivity index is 1.61. The third-order valence-corrected chi connectivity index (χ3v) is 4.78. The molecule has 1 amide bonds. The number of hydrogen-bond donors (Lipinski definition) is 2. The first-order chi connectivity index (χ1) is 10.3. The Bertz CT molecular complexity index is 503. The van der Waals surface area contributed by atoms with E-state index in [9.17, 15) is 4.79 Å². The van der Waals surface area contributed by atoms with Crippen LogP contribution in [0.4, 0.5) is 0 Å². The predicted molar refractivity (Wildman–Crippen MR) is 82.4 cm³/mol. The number of amides is 1. The second-order valence-electron chi connectivity index (χ2n) is 6.20. The van der Waals surface area contributed by atoms with Crippen LogP contribution in [0.3, 0.4) is 0 Å². The van der Waals surface area contributed by atoms with Crippen molar-refractivity contribution in [2.75, 3.05) is 26.2 Å². The zero-order valence-electron chi connectivity index (χ0n) is 12.6. The van der Waals surface area contributed by atoms with Gasteiger partial charge in [0.1, 0.15) is 5.75 Å². The number of fused-ring (bicyclic) bond motifs is 1. The Morgan fingerprint density at radius 2 is 2.24 bits per heavy atom. The van der Waals surface area contributed by atoms with Gasteiger partial charge in [-0.15, -0.1) is 0 Å². The Morgan fingerprint density at radius 3 is 3.10 bits per heavy atom. The summed E-state index contributed by atoms with van der Waals surface area (Å²) in [6.45, 7) is 5.79. The molecule has 0 aromatic heterocycles. The number of piperidine rings is 1. The van der Waals surface area contributed by atoms with Crippen LogP contribution in [0.25, 0.3) is 0 Å². The number of nitrogens with one attached hydrogen (secondary N) is 2. The van der Waals surface area contributed by atoms with E-state index in [4.69, 9.17) is 4.74 Å². The van der Waals surface area contributed by atoms with Crippen LogP contribution >= 0.6 is 0 Å². The van der Waals surface area contributed by atoms with Crippen LogP contribution < -0.4 is 15.4 Å². The Hall–Kier alpha value is -1.55. The van der Waals surface area contributed by atoms with Crippen molar-refractivity contribution in [1.29, 1.82) is 0 Å². The molecule has 2 heterocycles. The molecule has 0 aliphatic carbocycles. The maximum Gasteiger partial charge on any atom is 0.227 e. The van der Waals surface area contributed by atoms with Crippen molar-refractivity contribution in [3.63, 3.8) is 0 Å². The molecule has 0 bridgehead atoms. The fourth-order valence-corrected chi connectivity index (χ4v) is 3.34. The van der Waals surface area contributed by atoms with E-state index >= 15 is 0 Å². The molecular weight excluding hydrogens is 264 g/mol. The summed E-state index contributed by atoms with van der Waals surface area (Å²) >= 11 is 0. The molecule has 3 unspecified atom stereocenters. The van der Waals surface area contributed by atoms with Gasteiger partial charge in [-0.25, -0.2) is 0 Å². The molecule has 1 aromatic carbocycles. The summed E-state index contributed by atoms with van der Waals surface area (Å²) in [5.41, 5.74) is 1.03. The molecule has 3 atom stereocenters. The lowest BCUT2D eigenvalue weighted by atomic mass is 9.87. The molecule has 1 fully saturated rings. The van der Waals surface area contributed by atoms with Gasteiger partial charge in [0.15, 0.2) is 0 Å². The molecule has 114 valence electrons. The van der Waals surface area contributed by atoms with E-state index in [0.29, 0.717) is 18.4 Å². The minimum atomic E-state index is -0.0630. The van der Waals surface area contributed by atoms with Crippen LogP contribution in [0, 0.1) is 11.8 Å². The highest BCUT2D eigenvalue weighted by Crippen LogP contribution is 2.33. The number of benzene rings is 1. The summed E-state index contributed by atoms with van der Waals surface area (Å²) in [5, 5.41) is 6.57. The fourth-order valence-electron chi connectivity index (χ4n) is 3.34. The van der Waals surface area contributed by atoms with Crippen molar-refractivity contribution in [2.24, 2.45) is 11.8 Å². The highest BCUT2D eigenvalue weighted by atomic mass is 16.5. The molecule has 1 saturated heterocycles. The van der Waals surface area contributed by atoms with Crippen LogP contribution in [-0.2, 0) is 4.79 Å². The van der Waals surface area contributed by atoms with E-state index in [0.717, 1.165) is 43.8 Å². The normalized spacial score (nSPS) is 28.3. The second kappa shape index (κ2) is 6.48. The summed E-state index contributed by atoms with van der Waals surface area (Å²) in [7, 11) is 0. The van der Waals surface area contributed by atoms with Gasteiger partial charge in [-0.1, -0.05) is 25.1 Å². The van der Waals surface area contributed by atoms with Gasteiger partial charge in [-0.3, -0.25) is 4.79 Å². The van der Waals surface area contributed by atoms with Gasteiger partial charge in [0.25, 0.3) is 0 Å². The van der Waals surface area contributed by atoms with Gasteiger partial charge < -0.3 is 15.4 Å². The van der Waals surface area contributed by atoms with E-state index in [2.05, 4.69) is 17.6 Å². The van der Waals surface area contributed by atoms with Crippen molar-refractivity contribution >= 4 is 5.91 Å². The highest BCUT2D eigenvalue weighted by Gasteiger charge is 2.28. The summed E-state index contributed by atoms with van der Waals surface area (Å²) in [4.78, 5) is 12.5. The highest BCUT2D eigenvalue weighted by molar-refractivity contribution is 5.84. The molecule has 0 radical (unpaired) electrons. The first-order valence-corrected chi connectivity index (χ1v) is 7.96. The summed E-state index contributed by atoms with van der Waals surface area (Å²) in [5.74, 6) is 2.16. The Labute approximate surface area is 126 Å². The lowest BCUT2D eigenvalue weighted by Crippen LogP contribution is -2.42. The number of hydrogen-bond acceptors (Lipinski definition) is 3. The molecule has 2 aliphatic rings. The van der Waals surface area contributed by atoms with E-state index in [1.54, 1.807) is 0 Å². The fraction of sp³-hybridized carbons (Fsp3) is 0.588. The smallest absolute Gasteiger partial charge is 0.227 e. The van der Waals surface area contributed by atoms with E-state index in [-0.39, 0.29) is 11.8 Å². The summed E-state index contributed by atoms with van der Waals surface area (Å²) < 4.78 is 5.63. The molecule has 4 nitrogen and oxygen atoms in total. The van der Waals surface area contributed by atoms with Crippen LogP contribution in [0.5, 0.6) is 5.75 Å². The lowest BCUT2D eigenvalue weighted by Gasteiger charge is -2.31. The number of carbonyl (C=O) groups is 1. The predicted octanol–water partition coefficient (Wildman–Crippen LogP) is 1.91. The van der Waals surface area contributed by atoms with Gasteiger partial charge in [-0.05, 0) is 43.8 Å². The number of para-hydroxylation sites is 1. The number of rotatable bonds is 3. The van der Waals surface area contributed by atoms with Crippen molar-refractivity contribution in [3.8, 4) is 5.75 Å². The molecule has 0 saturated carbocycles. The molecule has 3 rings (SSSR count). The maximum atomic E-state index is 12.5. The SMILES string of the molecule is CC1CNCCC1CNC(=O)C1CCOc2ccccc21. The van der Waals surface area contributed by atoms with E-state index < -0.39 is 0 Å². The second-order valence-corrected chi connectivity index (χ2v) is 6.20. The zero-order chi connectivity index (χ0) is 14.7. The third-order valence-electron chi connectivity index (χ3n) is 4.78. The largest absolute Gasteiger partial charge is 0.493 e. The van der Waals surface area contributed by atoms with Crippen molar-refractivity contribution < 1.29 is 9.53 Å². The van der Waals surface area contributed by atoms with Crippen LogP contribution in [-0.4, -0.2) is 32.1 Å². The molecule has 0 spiro atoms. The van der Waals surface area contributed by atoms with Crippen LogP contribution in [0.15, 0.2) is 24.3 Å². The van der Waals surface area contributed by atoms with Crippen LogP contribution in [0.1, 0.15) is 31.2 Å². The summed E-state index contributed by atoms with van der Waals surface area (Å²) in [6.07, 6.45) is 1.91. The Kier molecular flexibility index (Phi) is 4.44. The quantitative estimate of drug-likeness (QED) is 0.893. The average molecular weight is 288 g/mol. The molecule has 2 aliphatic heterocycles. The van der Waals surface area contributed by atoms with Gasteiger partial charge in [0.05, 0.1) is 12.5 Å². The van der Waals surface area contributed by atoms with Crippen molar-refractivity contribution in [2.45, 2.75) is 25.7 Å². The van der Waals surface area contributed by atoms with Gasteiger partial charge in [-0.2, -0.15) is 0 Å². The molecule has 2 N–H and O–H groups in total. The zero-order valence-corrected chi connectivity index (χ0v) is 12.6. The Morgan fingerprint density at radius 1 is 1.38 bits per heavy atom. The first-order valence-electron chi connectivity index (χ1n) is 7.96. The van der Waals surface area contributed by atoms with Crippen molar-refractivity contribution in [1.82, 2.24) is 10.6 Å². The third kappa shape index (κ3) is 3.21. The standard InChI is InChI=1S/C17H24N2O2/c1-12-10-18-8-6-13(12)11-19-17(20)15-7-9-21-16-5-3-2-4-14(15)16/h2-5,12-13,15,18H,6-11H2,1H3,(H,19,20). The van der Waals surface area contributed by atoms with Crippen molar-refractivity contribution in [3.05, 3.63) is 29.8 Å². The van der Waals surface area contributed by atoms with Gasteiger partial charge in [0, 0.05) is 12.1 Å². The maximum absolute atomic E-state index is 12.5. The number of carbonyl (C=O) groups excluding carboxylic acids is 1.